The molecule has 0 saturated heterocycles. The van der Waals surface area contributed by atoms with E-state index in [0.29, 0.717) is 5.56 Å². The summed E-state index contributed by atoms with van der Waals surface area (Å²) in [6.07, 6.45) is 2.16. The Balaban J connectivity index is 1.51. The third kappa shape index (κ3) is 3.46. The summed E-state index contributed by atoms with van der Waals surface area (Å²) in [7, 11) is 0. The quantitative estimate of drug-likeness (QED) is 0.153. The first kappa shape index (κ1) is 26.0. The maximum absolute atomic E-state index is 14.2. The predicted molar refractivity (Wildman–Crippen MR) is 178 cm³/mol. The monoisotopic (exact) mass is 572 g/mol. The summed E-state index contributed by atoms with van der Waals surface area (Å²) in [6, 6.07) is 19.4. The van der Waals surface area contributed by atoms with Crippen LogP contribution >= 0.6 is 11.3 Å². The zero-order valence-electron chi connectivity index (χ0n) is 25.2. The largest absolute Gasteiger partial charge is 0.422 e. The Bertz CT molecular complexity index is 2090. The Hall–Kier alpha value is -3.70. The maximum Gasteiger partial charge on any atom is 0.346 e. The Kier molecular flexibility index (Phi) is 5.36. The van der Waals surface area contributed by atoms with Crippen LogP contribution in [0.5, 0.6) is 0 Å². The molecule has 0 bridgehead atoms. The molecule has 0 N–H and O–H groups in total. The van der Waals surface area contributed by atoms with Crippen molar-refractivity contribution in [2.75, 3.05) is 18.0 Å². The predicted octanol–water partition coefficient (Wildman–Crippen LogP) is 9.67. The lowest BCUT2D eigenvalue weighted by atomic mass is 9.68. The van der Waals surface area contributed by atoms with Gasteiger partial charge in [-0.3, -0.25) is 0 Å². The molecular weight excluding hydrogens is 536 g/mol. The standard InChI is InChI=1S/C37H36N2O2S/c1-20(2)27-25-19-26-31-29(37(5,6)16-18-39(31)17-15-36(26,3)4)32(25)41-35(40)28(27)34-38-30-23-13-9-7-11-21(23)22-12-8-10-14-24(22)33(30)42-34/h7-14,19-20H,15-18H2,1-6H3. The van der Waals surface area contributed by atoms with Crippen molar-refractivity contribution in [1.29, 1.82) is 0 Å². The van der Waals surface area contributed by atoms with Crippen LogP contribution in [-0.2, 0) is 10.8 Å². The number of rotatable bonds is 2. The van der Waals surface area contributed by atoms with Gasteiger partial charge in [-0.2, -0.15) is 0 Å². The highest BCUT2D eigenvalue weighted by Gasteiger charge is 2.42. The summed E-state index contributed by atoms with van der Waals surface area (Å²) >= 11 is 1.62. The second kappa shape index (κ2) is 8.67. The molecule has 212 valence electrons. The van der Waals surface area contributed by atoms with Crippen molar-refractivity contribution in [3.63, 3.8) is 0 Å². The Labute approximate surface area is 250 Å². The van der Waals surface area contributed by atoms with Gasteiger partial charge in [0.15, 0.2) is 0 Å². The van der Waals surface area contributed by atoms with Gasteiger partial charge in [-0.15, -0.1) is 11.3 Å². The highest BCUT2D eigenvalue weighted by Crippen LogP contribution is 2.53. The summed E-state index contributed by atoms with van der Waals surface area (Å²) in [5.41, 5.74) is 6.98. The molecule has 0 radical (unpaired) electrons. The molecule has 2 aliphatic rings. The summed E-state index contributed by atoms with van der Waals surface area (Å²) < 4.78 is 7.59. The van der Waals surface area contributed by atoms with Gasteiger partial charge in [-0.05, 0) is 57.6 Å². The van der Waals surface area contributed by atoms with Crippen LogP contribution in [0.4, 0.5) is 5.69 Å². The van der Waals surface area contributed by atoms with Crippen LogP contribution < -0.4 is 10.5 Å². The minimum atomic E-state index is -0.280. The number of hydrogen-bond acceptors (Lipinski definition) is 5. The topological polar surface area (TPSA) is 46.3 Å². The highest BCUT2D eigenvalue weighted by atomic mass is 32.1. The number of aromatic nitrogens is 1. The highest BCUT2D eigenvalue weighted by molar-refractivity contribution is 7.22. The Morgan fingerprint density at radius 2 is 1.48 bits per heavy atom. The van der Waals surface area contributed by atoms with Crippen LogP contribution in [-0.4, -0.2) is 18.1 Å². The molecule has 8 rings (SSSR count). The third-order valence-corrected chi connectivity index (χ3v) is 11.1. The maximum atomic E-state index is 14.2. The molecule has 0 atom stereocenters. The molecule has 42 heavy (non-hydrogen) atoms. The second-order valence-electron chi connectivity index (χ2n) is 13.9. The third-order valence-electron chi connectivity index (χ3n) is 10.0. The minimum Gasteiger partial charge on any atom is -0.422 e. The average molecular weight is 573 g/mol. The fourth-order valence-electron chi connectivity index (χ4n) is 7.68. The number of nitrogens with zero attached hydrogens (tertiary/aromatic N) is 2. The summed E-state index contributed by atoms with van der Waals surface area (Å²) in [4.78, 5) is 22.0. The lowest BCUT2D eigenvalue weighted by Crippen LogP contribution is -2.44. The van der Waals surface area contributed by atoms with Gasteiger partial charge in [0.1, 0.15) is 16.2 Å². The zero-order valence-corrected chi connectivity index (χ0v) is 26.0. The van der Waals surface area contributed by atoms with E-state index in [9.17, 15) is 4.79 Å². The number of fused-ring (bicyclic) bond motifs is 8. The Morgan fingerprint density at radius 3 is 2.17 bits per heavy atom. The van der Waals surface area contributed by atoms with E-state index in [-0.39, 0.29) is 22.4 Å². The molecule has 5 heteroatoms. The van der Waals surface area contributed by atoms with Crippen molar-refractivity contribution in [2.24, 2.45) is 0 Å². The minimum absolute atomic E-state index is 0.0421. The van der Waals surface area contributed by atoms with Gasteiger partial charge in [0.2, 0.25) is 0 Å². The van der Waals surface area contributed by atoms with Gasteiger partial charge >= 0.3 is 5.63 Å². The number of hydrogen-bond donors (Lipinski definition) is 0. The normalized spacial score (nSPS) is 17.5. The van der Waals surface area contributed by atoms with Crippen LogP contribution in [0.1, 0.15) is 77.0 Å². The molecule has 4 aromatic carbocycles. The molecule has 4 nitrogen and oxygen atoms in total. The van der Waals surface area contributed by atoms with Crippen molar-refractivity contribution in [3.8, 4) is 10.6 Å². The molecule has 0 saturated carbocycles. The number of thiazole rings is 1. The van der Waals surface area contributed by atoms with Crippen molar-refractivity contribution < 1.29 is 4.42 Å². The van der Waals surface area contributed by atoms with E-state index in [1.54, 1.807) is 11.3 Å². The molecule has 0 fully saturated rings. The summed E-state index contributed by atoms with van der Waals surface area (Å²) in [6.45, 7) is 15.8. The van der Waals surface area contributed by atoms with Gasteiger partial charge in [-0.1, -0.05) is 90.1 Å². The molecule has 0 aliphatic carbocycles. The molecule has 0 amide bonds. The summed E-state index contributed by atoms with van der Waals surface area (Å²) in [5.74, 6) is 0.117. The molecule has 6 aromatic rings. The van der Waals surface area contributed by atoms with E-state index in [1.165, 1.54) is 33.0 Å². The molecule has 4 heterocycles. The smallest absolute Gasteiger partial charge is 0.346 e. The second-order valence-corrected chi connectivity index (χ2v) is 14.9. The van der Waals surface area contributed by atoms with E-state index in [1.807, 2.05) is 0 Å². The fourth-order valence-corrected chi connectivity index (χ4v) is 8.85. The molecule has 0 spiro atoms. The molecule has 0 unspecified atom stereocenters. The van der Waals surface area contributed by atoms with Crippen LogP contribution in [0.3, 0.4) is 0 Å². The zero-order chi connectivity index (χ0) is 29.1. The first-order valence-corrected chi connectivity index (χ1v) is 16.0. The van der Waals surface area contributed by atoms with Crippen molar-refractivity contribution in [3.05, 3.63) is 81.7 Å². The van der Waals surface area contributed by atoms with Gasteiger partial charge in [0, 0.05) is 40.5 Å². The number of benzene rings is 4. The van der Waals surface area contributed by atoms with E-state index in [2.05, 4.69) is 101 Å². The van der Waals surface area contributed by atoms with E-state index in [0.717, 1.165) is 63.1 Å². The first-order valence-electron chi connectivity index (χ1n) is 15.2. The average Bonchev–Trinajstić information content (AvgIpc) is 3.40. The van der Waals surface area contributed by atoms with E-state index in [4.69, 9.17) is 9.40 Å². The summed E-state index contributed by atoms with van der Waals surface area (Å²) in [5, 5.41) is 6.52. The van der Waals surface area contributed by atoms with Gasteiger partial charge in [0.25, 0.3) is 0 Å². The lowest BCUT2D eigenvalue weighted by molar-refractivity contribution is 0.398. The molecular formula is C37H36N2O2S. The molecule has 2 aromatic heterocycles. The van der Waals surface area contributed by atoms with Gasteiger partial charge in [-0.25, -0.2) is 9.78 Å². The van der Waals surface area contributed by atoms with Crippen molar-refractivity contribution in [1.82, 2.24) is 4.98 Å². The van der Waals surface area contributed by atoms with Crippen molar-refractivity contribution in [2.45, 2.75) is 71.1 Å². The number of anilines is 1. The van der Waals surface area contributed by atoms with Crippen LogP contribution in [0, 0.1) is 0 Å². The van der Waals surface area contributed by atoms with Crippen LogP contribution in [0.25, 0.3) is 53.3 Å². The van der Waals surface area contributed by atoms with Crippen molar-refractivity contribution >= 4 is 59.8 Å². The van der Waals surface area contributed by atoms with Gasteiger partial charge in [0.05, 0.1) is 10.2 Å². The fraction of sp³-hybridized carbons (Fsp3) is 0.351. The Morgan fingerprint density at radius 1 is 0.857 bits per heavy atom. The lowest BCUT2D eigenvalue weighted by Gasteiger charge is -2.48. The first-order chi connectivity index (χ1) is 20.1. The van der Waals surface area contributed by atoms with Gasteiger partial charge < -0.3 is 9.32 Å². The molecule has 2 aliphatic heterocycles. The SMILES string of the molecule is CC(C)c1c(-c2nc3c4ccccc4c4ccccc4c3s2)c(=O)oc2c3c4c(cc12)C(C)(C)CCN4CCC3(C)C. The van der Waals surface area contributed by atoms with Crippen LogP contribution in [0.2, 0.25) is 0 Å². The van der Waals surface area contributed by atoms with E-state index >= 15 is 0 Å². The van der Waals surface area contributed by atoms with Crippen LogP contribution in [0.15, 0.2) is 63.8 Å². The van der Waals surface area contributed by atoms with E-state index < -0.39 is 0 Å².